The summed E-state index contributed by atoms with van der Waals surface area (Å²) < 4.78 is 5.04. The number of nitrogen functional groups attached to an aromatic ring is 1. The Morgan fingerprint density at radius 2 is 2.08 bits per heavy atom. The van der Waals surface area contributed by atoms with Crippen molar-refractivity contribution in [2.45, 2.75) is 12.8 Å². The van der Waals surface area contributed by atoms with Crippen LogP contribution in [0.3, 0.4) is 0 Å². The van der Waals surface area contributed by atoms with Crippen LogP contribution in [-0.4, -0.2) is 29.6 Å². The van der Waals surface area contributed by atoms with Crippen molar-refractivity contribution < 1.29 is 24.2 Å². The average molecular weight is 353 g/mol. The summed E-state index contributed by atoms with van der Waals surface area (Å²) in [5.41, 5.74) is 6.42. The van der Waals surface area contributed by atoms with E-state index in [9.17, 15) is 14.4 Å². The van der Waals surface area contributed by atoms with Crippen molar-refractivity contribution in [1.82, 2.24) is 0 Å². The summed E-state index contributed by atoms with van der Waals surface area (Å²) in [5.74, 6) is -2.84. The van der Waals surface area contributed by atoms with Crippen LogP contribution in [0.4, 0.5) is 11.4 Å². The molecule has 0 radical (unpaired) electrons. The van der Waals surface area contributed by atoms with Crippen LogP contribution in [0, 0.1) is 23.7 Å². The van der Waals surface area contributed by atoms with Gasteiger partial charge in [0, 0.05) is 5.02 Å². The first-order chi connectivity index (χ1) is 11.4. The van der Waals surface area contributed by atoms with E-state index < -0.39 is 36.3 Å². The molecule has 0 aliphatic heterocycles. The van der Waals surface area contributed by atoms with Crippen molar-refractivity contribution in [3.63, 3.8) is 0 Å². The van der Waals surface area contributed by atoms with Gasteiger partial charge >= 0.3 is 11.9 Å². The number of esters is 1. The van der Waals surface area contributed by atoms with E-state index in [0.717, 1.165) is 6.42 Å². The van der Waals surface area contributed by atoms with Gasteiger partial charge in [0.2, 0.25) is 0 Å². The van der Waals surface area contributed by atoms with Crippen LogP contribution in [0.15, 0.2) is 18.2 Å². The number of carbonyl (C=O) groups excluding carboxylic acids is 2. The topological polar surface area (TPSA) is 119 Å². The molecular weight excluding hydrogens is 336 g/mol. The molecule has 1 aromatic rings. The molecule has 2 aliphatic carbocycles. The average Bonchev–Trinajstić information content (AvgIpc) is 3.09. The third-order valence-corrected chi connectivity index (χ3v) is 4.96. The van der Waals surface area contributed by atoms with E-state index in [1.165, 1.54) is 6.07 Å². The Kier molecular flexibility index (Phi) is 4.36. The Hall–Kier alpha value is -2.28. The SMILES string of the molecule is Nc1cc(Cl)ccc1NC(=O)COC(=O)C1CCC2C(C(=O)O)C12. The second-order valence-electron chi connectivity index (χ2n) is 6.18. The van der Waals surface area contributed by atoms with Gasteiger partial charge in [-0.3, -0.25) is 14.4 Å². The van der Waals surface area contributed by atoms with E-state index >= 15 is 0 Å². The summed E-state index contributed by atoms with van der Waals surface area (Å²) in [7, 11) is 0. The van der Waals surface area contributed by atoms with Gasteiger partial charge in [-0.2, -0.15) is 0 Å². The van der Waals surface area contributed by atoms with Gasteiger partial charge < -0.3 is 20.9 Å². The Morgan fingerprint density at radius 1 is 1.33 bits per heavy atom. The van der Waals surface area contributed by atoms with E-state index in [1.807, 2.05) is 0 Å². The number of aliphatic carboxylic acids is 1. The zero-order chi connectivity index (χ0) is 17.4. The molecule has 1 aromatic carbocycles. The summed E-state index contributed by atoms with van der Waals surface area (Å²) >= 11 is 5.78. The van der Waals surface area contributed by atoms with E-state index in [4.69, 9.17) is 27.2 Å². The van der Waals surface area contributed by atoms with Crippen LogP contribution in [-0.2, 0) is 19.1 Å². The summed E-state index contributed by atoms with van der Waals surface area (Å²) in [6, 6.07) is 4.64. The first-order valence-corrected chi connectivity index (χ1v) is 8.00. The Balaban J connectivity index is 1.50. The smallest absolute Gasteiger partial charge is 0.309 e. The molecule has 0 heterocycles. The lowest BCUT2D eigenvalue weighted by Gasteiger charge is -2.13. The van der Waals surface area contributed by atoms with Crippen LogP contribution < -0.4 is 11.1 Å². The maximum atomic E-state index is 12.1. The minimum atomic E-state index is -0.863. The highest BCUT2D eigenvalue weighted by Gasteiger charge is 2.63. The molecule has 4 unspecified atom stereocenters. The lowest BCUT2D eigenvalue weighted by atomic mass is 10.0. The van der Waals surface area contributed by atoms with Crippen molar-refractivity contribution in [3.8, 4) is 0 Å². The lowest BCUT2D eigenvalue weighted by molar-refractivity contribution is -0.152. The second kappa shape index (κ2) is 6.32. The van der Waals surface area contributed by atoms with Crippen LogP contribution in [0.25, 0.3) is 0 Å². The summed E-state index contributed by atoms with van der Waals surface area (Å²) in [6.45, 7) is -0.438. The molecule has 0 spiro atoms. The summed E-state index contributed by atoms with van der Waals surface area (Å²) in [6.07, 6.45) is 1.33. The van der Waals surface area contributed by atoms with Gasteiger partial charge in [0.25, 0.3) is 5.91 Å². The number of hydrogen-bond donors (Lipinski definition) is 3. The van der Waals surface area contributed by atoms with Gasteiger partial charge in [-0.05, 0) is 42.9 Å². The van der Waals surface area contributed by atoms with Crippen LogP contribution in [0.5, 0.6) is 0 Å². The minimum absolute atomic E-state index is 0.0720. The van der Waals surface area contributed by atoms with E-state index in [-0.39, 0.29) is 11.8 Å². The Bertz CT molecular complexity index is 708. The number of nitrogens with two attached hydrogens (primary N) is 1. The van der Waals surface area contributed by atoms with E-state index in [2.05, 4.69) is 5.32 Å². The summed E-state index contributed by atoms with van der Waals surface area (Å²) in [4.78, 5) is 35.0. The molecule has 128 valence electrons. The van der Waals surface area contributed by atoms with Gasteiger partial charge in [-0.25, -0.2) is 0 Å². The molecule has 2 saturated carbocycles. The molecule has 24 heavy (non-hydrogen) atoms. The number of carboxylic acid groups (broad SMARTS) is 1. The maximum Gasteiger partial charge on any atom is 0.309 e. The number of fused-ring (bicyclic) bond motifs is 1. The number of amides is 1. The Morgan fingerprint density at radius 3 is 2.71 bits per heavy atom. The zero-order valence-electron chi connectivity index (χ0n) is 12.7. The molecule has 4 atom stereocenters. The normalized spacial score (nSPS) is 27.2. The molecule has 1 amide bonds. The van der Waals surface area contributed by atoms with E-state index in [1.54, 1.807) is 12.1 Å². The van der Waals surface area contributed by atoms with Crippen molar-refractivity contribution in [2.24, 2.45) is 23.7 Å². The summed E-state index contributed by atoms with van der Waals surface area (Å²) in [5, 5.41) is 12.0. The van der Waals surface area contributed by atoms with Crippen molar-refractivity contribution in [3.05, 3.63) is 23.2 Å². The largest absolute Gasteiger partial charge is 0.481 e. The van der Waals surface area contributed by atoms with Gasteiger partial charge in [0.1, 0.15) is 0 Å². The quantitative estimate of drug-likeness (QED) is 0.549. The van der Waals surface area contributed by atoms with E-state index in [0.29, 0.717) is 22.8 Å². The molecule has 0 bridgehead atoms. The fourth-order valence-corrected chi connectivity index (χ4v) is 3.77. The highest BCUT2D eigenvalue weighted by molar-refractivity contribution is 6.31. The molecule has 2 fully saturated rings. The first kappa shape index (κ1) is 16.6. The first-order valence-electron chi connectivity index (χ1n) is 7.63. The molecule has 7 nitrogen and oxygen atoms in total. The van der Waals surface area contributed by atoms with Crippen molar-refractivity contribution in [2.75, 3.05) is 17.7 Å². The van der Waals surface area contributed by atoms with Crippen LogP contribution >= 0.6 is 11.6 Å². The number of carboxylic acids is 1. The molecule has 8 heteroatoms. The molecule has 2 aliphatic rings. The highest BCUT2D eigenvalue weighted by atomic mass is 35.5. The number of benzene rings is 1. The van der Waals surface area contributed by atoms with Crippen LogP contribution in [0.1, 0.15) is 12.8 Å². The van der Waals surface area contributed by atoms with Gasteiger partial charge in [-0.1, -0.05) is 11.6 Å². The Labute approximate surface area is 143 Å². The standard InChI is InChI=1S/C16H17ClN2O5/c17-7-1-4-11(10(18)5-7)19-12(20)6-24-16(23)9-3-2-8-13(9)14(8)15(21)22/h1,4-5,8-9,13-14H,2-3,6,18H2,(H,19,20)(H,21,22). The number of carbonyl (C=O) groups is 3. The number of halogens is 1. The van der Waals surface area contributed by atoms with Crippen LogP contribution in [0.2, 0.25) is 5.02 Å². The molecule has 3 rings (SSSR count). The third-order valence-electron chi connectivity index (χ3n) is 4.73. The molecule has 0 aromatic heterocycles. The fraction of sp³-hybridized carbons (Fsp3) is 0.438. The fourth-order valence-electron chi connectivity index (χ4n) is 3.59. The maximum absolute atomic E-state index is 12.1. The van der Waals surface area contributed by atoms with Gasteiger partial charge in [-0.15, -0.1) is 0 Å². The number of rotatable bonds is 5. The predicted octanol–water partition coefficient (Wildman–Crippen LogP) is 1.76. The zero-order valence-corrected chi connectivity index (χ0v) is 13.5. The predicted molar refractivity (Wildman–Crippen MR) is 86.3 cm³/mol. The number of anilines is 2. The molecule has 4 N–H and O–H groups in total. The monoisotopic (exact) mass is 352 g/mol. The number of nitrogens with one attached hydrogen (secondary N) is 1. The number of hydrogen-bond acceptors (Lipinski definition) is 5. The van der Waals surface area contributed by atoms with Gasteiger partial charge in [0.15, 0.2) is 6.61 Å². The third kappa shape index (κ3) is 3.17. The van der Waals surface area contributed by atoms with Crippen molar-refractivity contribution in [1.29, 1.82) is 0 Å². The van der Waals surface area contributed by atoms with Crippen molar-refractivity contribution >= 4 is 40.8 Å². The molecular formula is C16H17ClN2O5. The second-order valence-corrected chi connectivity index (χ2v) is 6.61. The minimum Gasteiger partial charge on any atom is -0.481 e. The lowest BCUT2D eigenvalue weighted by Crippen LogP contribution is -2.26. The highest BCUT2D eigenvalue weighted by Crippen LogP contribution is 2.60. The molecule has 0 saturated heterocycles. The number of ether oxygens (including phenoxy) is 1. The van der Waals surface area contributed by atoms with Gasteiger partial charge in [0.05, 0.1) is 23.2 Å².